The summed E-state index contributed by atoms with van der Waals surface area (Å²) in [5, 5.41) is 4.69. The summed E-state index contributed by atoms with van der Waals surface area (Å²) in [4.78, 5) is 16.8. The zero-order valence-corrected chi connectivity index (χ0v) is 12.4. The zero-order chi connectivity index (χ0) is 15.4. The van der Waals surface area contributed by atoms with E-state index in [9.17, 15) is 9.18 Å². The average molecular weight is 316 g/mol. The highest BCUT2D eigenvalue weighted by Crippen LogP contribution is 2.19. The molecule has 0 saturated carbocycles. The van der Waals surface area contributed by atoms with Crippen molar-refractivity contribution in [3.8, 4) is 11.5 Å². The molecule has 1 aromatic carbocycles. The predicted molar refractivity (Wildman–Crippen MR) is 82.3 cm³/mol. The van der Waals surface area contributed by atoms with Crippen LogP contribution in [0.1, 0.15) is 15.4 Å². The van der Waals surface area contributed by atoms with Crippen molar-refractivity contribution < 1.29 is 13.6 Å². The van der Waals surface area contributed by atoms with E-state index < -0.39 is 0 Å². The molecular weight excluding hydrogens is 303 g/mol. The van der Waals surface area contributed by atoms with Crippen LogP contribution in [0.2, 0.25) is 0 Å². The van der Waals surface area contributed by atoms with Crippen molar-refractivity contribution in [3.05, 3.63) is 64.4 Å². The molecule has 0 radical (unpaired) electrons. The second kappa shape index (κ2) is 6.53. The van der Waals surface area contributed by atoms with Gasteiger partial charge in [0.05, 0.1) is 10.6 Å². The lowest BCUT2D eigenvalue weighted by Gasteiger charge is -2.00. The highest BCUT2D eigenvalue weighted by atomic mass is 32.1. The van der Waals surface area contributed by atoms with E-state index in [1.807, 2.05) is 11.4 Å². The first-order valence-electron chi connectivity index (χ1n) is 6.74. The summed E-state index contributed by atoms with van der Waals surface area (Å²) >= 11 is 1.40. The molecule has 0 saturated heterocycles. The van der Waals surface area contributed by atoms with E-state index >= 15 is 0 Å². The third-order valence-electron chi connectivity index (χ3n) is 3.05. The summed E-state index contributed by atoms with van der Waals surface area (Å²) in [5.41, 5.74) is 1.46. The minimum absolute atomic E-state index is 0.0859. The lowest BCUT2D eigenvalue weighted by atomic mass is 10.2. The predicted octanol–water partition coefficient (Wildman–Crippen LogP) is 3.51. The van der Waals surface area contributed by atoms with Gasteiger partial charge in [-0.1, -0.05) is 6.07 Å². The van der Waals surface area contributed by atoms with E-state index in [0.717, 1.165) is 11.3 Å². The van der Waals surface area contributed by atoms with Gasteiger partial charge in [-0.05, 0) is 35.7 Å². The van der Waals surface area contributed by atoms with Crippen LogP contribution < -0.4 is 5.32 Å². The van der Waals surface area contributed by atoms with Gasteiger partial charge in [-0.15, -0.1) is 11.3 Å². The van der Waals surface area contributed by atoms with Crippen molar-refractivity contribution in [1.82, 2.24) is 10.3 Å². The monoisotopic (exact) mass is 316 g/mol. The van der Waals surface area contributed by atoms with Crippen molar-refractivity contribution in [3.63, 3.8) is 0 Å². The van der Waals surface area contributed by atoms with Crippen LogP contribution in [0.3, 0.4) is 0 Å². The van der Waals surface area contributed by atoms with Gasteiger partial charge in [0.2, 0.25) is 5.89 Å². The summed E-state index contributed by atoms with van der Waals surface area (Å²) in [6.07, 6.45) is 2.12. The molecule has 4 nitrogen and oxygen atoms in total. The molecule has 0 atom stereocenters. The van der Waals surface area contributed by atoms with Gasteiger partial charge in [0, 0.05) is 18.5 Å². The van der Waals surface area contributed by atoms with Gasteiger partial charge in [0.1, 0.15) is 12.1 Å². The first-order valence-corrected chi connectivity index (χ1v) is 7.62. The fraction of sp³-hybridized carbons (Fsp3) is 0.125. The second-order valence-corrected chi connectivity index (χ2v) is 5.58. The minimum Gasteiger partial charge on any atom is -0.444 e. The summed E-state index contributed by atoms with van der Waals surface area (Å²) in [5.74, 6) is 0.0589. The number of oxazole rings is 1. The number of rotatable bonds is 5. The highest BCUT2D eigenvalue weighted by molar-refractivity contribution is 7.12. The molecule has 2 aromatic heterocycles. The third-order valence-corrected chi connectivity index (χ3v) is 3.92. The lowest BCUT2D eigenvalue weighted by molar-refractivity contribution is 0.0958. The quantitative estimate of drug-likeness (QED) is 0.783. The summed E-state index contributed by atoms with van der Waals surface area (Å²) in [6.45, 7) is 0.478. The van der Waals surface area contributed by atoms with Crippen LogP contribution in [0.25, 0.3) is 11.5 Å². The average Bonchev–Trinajstić information content (AvgIpc) is 3.19. The van der Waals surface area contributed by atoms with E-state index in [1.165, 1.54) is 23.5 Å². The minimum atomic E-state index is -0.299. The summed E-state index contributed by atoms with van der Waals surface area (Å²) in [6, 6.07) is 9.57. The first-order chi connectivity index (χ1) is 10.7. The van der Waals surface area contributed by atoms with Crippen LogP contribution in [-0.4, -0.2) is 17.4 Å². The Labute approximate surface area is 130 Å². The van der Waals surface area contributed by atoms with Crippen molar-refractivity contribution in [1.29, 1.82) is 0 Å². The molecule has 0 spiro atoms. The van der Waals surface area contributed by atoms with Gasteiger partial charge in [0.25, 0.3) is 5.91 Å². The molecule has 0 bridgehead atoms. The molecule has 3 rings (SSSR count). The van der Waals surface area contributed by atoms with Gasteiger partial charge in [0.15, 0.2) is 0 Å². The topological polar surface area (TPSA) is 55.1 Å². The smallest absolute Gasteiger partial charge is 0.261 e. The molecule has 0 aliphatic heterocycles. The molecule has 112 valence electrons. The van der Waals surface area contributed by atoms with Crippen LogP contribution in [-0.2, 0) is 6.42 Å². The Morgan fingerprint density at radius 2 is 2.09 bits per heavy atom. The Balaban J connectivity index is 1.56. The van der Waals surface area contributed by atoms with Crippen LogP contribution in [0.4, 0.5) is 4.39 Å². The van der Waals surface area contributed by atoms with E-state index in [2.05, 4.69) is 10.3 Å². The molecular formula is C16H13FN2O2S. The van der Waals surface area contributed by atoms with E-state index in [1.54, 1.807) is 24.5 Å². The number of aromatic nitrogens is 1. The number of carbonyl (C=O) groups excluding carboxylic acids is 1. The highest BCUT2D eigenvalue weighted by Gasteiger charge is 2.09. The third kappa shape index (κ3) is 3.40. The summed E-state index contributed by atoms with van der Waals surface area (Å²) < 4.78 is 18.3. The maximum atomic E-state index is 12.9. The van der Waals surface area contributed by atoms with Gasteiger partial charge in [-0.25, -0.2) is 9.37 Å². The number of nitrogens with zero attached hydrogens (tertiary/aromatic N) is 1. The standard InChI is InChI=1S/C16H13FN2O2S/c17-12-5-3-11(4-6-12)16-19-13(10-21-16)7-8-18-15(20)14-2-1-9-22-14/h1-6,9-10H,7-8H2,(H,18,20). The van der Waals surface area contributed by atoms with Gasteiger partial charge in [-0.2, -0.15) is 0 Å². The molecule has 0 aliphatic rings. The van der Waals surface area contributed by atoms with Gasteiger partial charge < -0.3 is 9.73 Å². The van der Waals surface area contributed by atoms with Gasteiger partial charge in [-0.3, -0.25) is 4.79 Å². The Morgan fingerprint density at radius 1 is 1.27 bits per heavy atom. The van der Waals surface area contributed by atoms with E-state index in [4.69, 9.17) is 4.42 Å². The molecule has 6 heteroatoms. The van der Waals surface area contributed by atoms with Crippen molar-refractivity contribution in [2.24, 2.45) is 0 Å². The van der Waals surface area contributed by atoms with E-state index in [0.29, 0.717) is 23.7 Å². The fourth-order valence-corrected chi connectivity index (χ4v) is 2.59. The Kier molecular flexibility index (Phi) is 4.29. The van der Waals surface area contributed by atoms with Gasteiger partial charge >= 0.3 is 0 Å². The SMILES string of the molecule is O=C(NCCc1coc(-c2ccc(F)cc2)n1)c1cccs1. The number of carbonyl (C=O) groups is 1. The number of nitrogens with one attached hydrogen (secondary N) is 1. The molecule has 0 aliphatic carbocycles. The number of amides is 1. The number of hydrogen-bond acceptors (Lipinski definition) is 4. The maximum absolute atomic E-state index is 12.9. The maximum Gasteiger partial charge on any atom is 0.261 e. The molecule has 0 fully saturated rings. The first kappa shape index (κ1) is 14.5. The largest absolute Gasteiger partial charge is 0.444 e. The molecule has 22 heavy (non-hydrogen) atoms. The number of hydrogen-bond donors (Lipinski definition) is 1. The molecule has 0 unspecified atom stereocenters. The van der Waals surface area contributed by atoms with E-state index in [-0.39, 0.29) is 11.7 Å². The fourth-order valence-electron chi connectivity index (χ4n) is 1.95. The van der Waals surface area contributed by atoms with Crippen molar-refractivity contribution >= 4 is 17.2 Å². The Hall–Kier alpha value is -2.47. The number of benzene rings is 1. The zero-order valence-electron chi connectivity index (χ0n) is 11.6. The van der Waals surface area contributed by atoms with Crippen LogP contribution in [0, 0.1) is 5.82 Å². The Bertz CT molecular complexity index is 751. The number of thiophene rings is 1. The normalized spacial score (nSPS) is 10.6. The Morgan fingerprint density at radius 3 is 2.82 bits per heavy atom. The molecule has 3 aromatic rings. The van der Waals surface area contributed by atoms with Crippen molar-refractivity contribution in [2.75, 3.05) is 6.54 Å². The lowest BCUT2D eigenvalue weighted by Crippen LogP contribution is -2.24. The van der Waals surface area contributed by atoms with Crippen LogP contribution in [0.5, 0.6) is 0 Å². The van der Waals surface area contributed by atoms with Crippen LogP contribution >= 0.6 is 11.3 Å². The number of halogens is 1. The molecule has 1 N–H and O–H groups in total. The molecule has 2 heterocycles. The van der Waals surface area contributed by atoms with Crippen LogP contribution in [0.15, 0.2) is 52.5 Å². The summed E-state index contributed by atoms with van der Waals surface area (Å²) in [7, 11) is 0. The van der Waals surface area contributed by atoms with Crippen molar-refractivity contribution in [2.45, 2.75) is 6.42 Å². The second-order valence-electron chi connectivity index (χ2n) is 4.63. The molecule has 1 amide bonds.